The number of morpholine rings is 1. The van der Waals surface area contributed by atoms with Crippen LogP contribution in [-0.4, -0.2) is 43.6 Å². The lowest BCUT2D eigenvalue weighted by Gasteiger charge is -2.26. The molecule has 1 aliphatic heterocycles. The van der Waals surface area contributed by atoms with Gasteiger partial charge in [-0.05, 0) is 49.7 Å². The molecule has 1 saturated heterocycles. The highest BCUT2D eigenvalue weighted by Gasteiger charge is 2.26. The van der Waals surface area contributed by atoms with E-state index in [1.165, 1.54) is 4.31 Å². The molecule has 0 spiro atoms. The third-order valence-electron chi connectivity index (χ3n) is 5.22. The topological polar surface area (TPSA) is 77.0 Å². The summed E-state index contributed by atoms with van der Waals surface area (Å²) in [6.45, 7) is 5.91. The minimum absolute atomic E-state index is 0.246. The Kier molecular flexibility index (Phi) is 6.24. The molecule has 0 radical (unpaired) electrons. The lowest BCUT2D eigenvalue weighted by atomic mass is 10.2. The molecule has 160 valence electrons. The molecule has 4 rings (SSSR count). The standard InChI is InChI=1S/C21H25N3O4S2/c1-3-16(2)24-19(20-5-4-12-28-20)15-29-21(24)22-17-6-8-18(9-7-17)30(25,26)23-10-13-27-14-11-23/h4-9,12,15-16H,3,10-11,13-14H2,1-2H3. The first kappa shape index (κ1) is 21.0. The second-order valence-electron chi connectivity index (χ2n) is 7.13. The maximum Gasteiger partial charge on any atom is 0.243 e. The molecule has 2 aromatic heterocycles. The normalized spacial score (nSPS) is 17.3. The Morgan fingerprint density at radius 1 is 1.17 bits per heavy atom. The number of hydrogen-bond acceptors (Lipinski definition) is 6. The van der Waals surface area contributed by atoms with Crippen molar-refractivity contribution in [1.82, 2.24) is 8.87 Å². The molecule has 0 aliphatic carbocycles. The van der Waals surface area contributed by atoms with Gasteiger partial charge in [0.1, 0.15) is 0 Å². The smallest absolute Gasteiger partial charge is 0.243 e. The summed E-state index contributed by atoms with van der Waals surface area (Å²) in [7, 11) is -3.51. The van der Waals surface area contributed by atoms with Gasteiger partial charge in [-0.15, -0.1) is 11.3 Å². The number of sulfonamides is 1. The molecule has 0 saturated carbocycles. The van der Waals surface area contributed by atoms with Crippen molar-refractivity contribution in [3.8, 4) is 11.5 Å². The molecule has 9 heteroatoms. The molecule has 7 nitrogen and oxygen atoms in total. The average molecular weight is 448 g/mol. The summed E-state index contributed by atoms with van der Waals surface area (Å²) in [5.41, 5.74) is 1.70. The van der Waals surface area contributed by atoms with Gasteiger partial charge in [-0.3, -0.25) is 0 Å². The van der Waals surface area contributed by atoms with Gasteiger partial charge in [0.15, 0.2) is 10.6 Å². The Morgan fingerprint density at radius 2 is 1.90 bits per heavy atom. The Balaban J connectivity index is 1.67. The van der Waals surface area contributed by atoms with Crippen molar-refractivity contribution in [1.29, 1.82) is 0 Å². The van der Waals surface area contributed by atoms with E-state index in [0.717, 1.165) is 22.7 Å². The highest BCUT2D eigenvalue weighted by molar-refractivity contribution is 7.89. The summed E-state index contributed by atoms with van der Waals surface area (Å²) in [6, 6.07) is 10.8. The van der Waals surface area contributed by atoms with Gasteiger partial charge in [-0.1, -0.05) is 6.92 Å². The van der Waals surface area contributed by atoms with E-state index in [1.807, 2.05) is 17.5 Å². The van der Waals surface area contributed by atoms with Crippen molar-refractivity contribution >= 4 is 27.0 Å². The van der Waals surface area contributed by atoms with Gasteiger partial charge in [0, 0.05) is 24.5 Å². The fraction of sp³-hybridized carbons (Fsp3) is 0.381. The number of hydrogen-bond donors (Lipinski definition) is 0. The van der Waals surface area contributed by atoms with Crippen LogP contribution in [0.1, 0.15) is 26.3 Å². The predicted molar refractivity (Wildman–Crippen MR) is 116 cm³/mol. The van der Waals surface area contributed by atoms with E-state index in [2.05, 4.69) is 18.4 Å². The van der Waals surface area contributed by atoms with E-state index < -0.39 is 10.0 Å². The Morgan fingerprint density at radius 3 is 2.53 bits per heavy atom. The minimum Gasteiger partial charge on any atom is -0.463 e. The lowest BCUT2D eigenvalue weighted by Crippen LogP contribution is -2.40. The number of rotatable bonds is 6. The van der Waals surface area contributed by atoms with Crippen LogP contribution in [0.15, 0.2) is 62.3 Å². The highest BCUT2D eigenvalue weighted by atomic mass is 32.2. The summed E-state index contributed by atoms with van der Waals surface area (Å²) in [5.74, 6) is 0.806. The molecule has 0 N–H and O–H groups in total. The third kappa shape index (κ3) is 4.15. The van der Waals surface area contributed by atoms with E-state index in [4.69, 9.17) is 14.1 Å². The van der Waals surface area contributed by atoms with E-state index in [0.29, 0.717) is 32.0 Å². The number of thiazole rings is 1. The van der Waals surface area contributed by atoms with Gasteiger partial charge in [0.25, 0.3) is 0 Å². The van der Waals surface area contributed by atoms with Gasteiger partial charge in [0.2, 0.25) is 10.0 Å². The van der Waals surface area contributed by atoms with Gasteiger partial charge in [-0.25, -0.2) is 13.4 Å². The summed E-state index contributed by atoms with van der Waals surface area (Å²) < 4.78 is 40.1. The minimum atomic E-state index is -3.51. The molecule has 1 unspecified atom stereocenters. The van der Waals surface area contributed by atoms with Crippen molar-refractivity contribution in [2.75, 3.05) is 26.3 Å². The van der Waals surface area contributed by atoms with Crippen LogP contribution < -0.4 is 4.80 Å². The zero-order valence-electron chi connectivity index (χ0n) is 17.0. The highest BCUT2D eigenvalue weighted by Crippen LogP contribution is 2.26. The molecule has 1 aliphatic rings. The third-order valence-corrected chi connectivity index (χ3v) is 7.97. The average Bonchev–Trinajstić information content (AvgIpc) is 3.44. The summed E-state index contributed by atoms with van der Waals surface area (Å²) >= 11 is 1.54. The van der Waals surface area contributed by atoms with Gasteiger partial charge >= 0.3 is 0 Å². The van der Waals surface area contributed by atoms with Gasteiger partial charge < -0.3 is 13.7 Å². The number of furan rings is 1. The van der Waals surface area contributed by atoms with Crippen molar-refractivity contribution < 1.29 is 17.6 Å². The predicted octanol–water partition coefficient (Wildman–Crippen LogP) is 4.03. The van der Waals surface area contributed by atoms with Crippen LogP contribution >= 0.6 is 11.3 Å². The lowest BCUT2D eigenvalue weighted by molar-refractivity contribution is 0.0730. The second kappa shape index (κ2) is 8.89. The summed E-state index contributed by atoms with van der Waals surface area (Å²) in [5, 5.41) is 2.04. The molecule has 1 aromatic carbocycles. The van der Waals surface area contributed by atoms with Gasteiger partial charge in [-0.2, -0.15) is 4.31 Å². The van der Waals surface area contributed by atoms with Crippen molar-refractivity contribution in [2.24, 2.45) is 4.99 Å². The van der Waals surface area contributed by atoms with Crippen LogP contribution in [0.5, 0.6) is 0 Å². The summed E-state index contributed by atoms with van der Waals surface area (Å²) in [4.78, 5) is 5.91. The maximum atomic E-state index is 12.8. The fourth-order valence-corrected chi connectivity index (χ4v) is 5.76. The molecule has 0 bridgehead atoms. The largest absolute Gasteiger partial charge is 0.463 e. The molecular formula is C21H25N3O4S2. The molecule has 30 heavy (non-hydrogen) atoms. The number of benzene rings is 1. The second-order valence-corrected chi connectivity index (χ2v) is 9.90. The summed E-state index contributed by atoms with van der Waals surface area (Å²) in [6.07, 6.45) is 2.62. The quantitative estimate of drug-likeness (QED) is 0.572. The van der Waals surface area contributed by atoms with Crippen LogP contribution in [-0.2, 0) is 14.8 Å². The monoisotopic (exact) mass is 447 g/mol. The first-order valence-corrected chi connectivity index (χ1v) is 12.3. The van der Waals surface area contributed by atoms with Crippen LogP contribution in [0, 0.1) is 0 Å². The Bertz CT molecular complexity index is 1140. The Hall–Kier alpha value is -2.20. The van der Waals surface area contributed by atoms with Crippen LogP contribution in [0.2, 0.25) is 0 Å². The van der Waals surface area contributed by atoms with Crippen LogP contribution in [0.4, 0.5) is 5.69 Å². The number of ether oxygens (including phenoxy) is 1. The molecule has 0 amide bonds. The molecule has 1 atom stereocenters. The van der Waals surface area contributed by atoms with Crippen LogP contribution in [0.3, 0.4) is 0 Å². The van der Waals surface area contributed by atoms with Crippen molar-refractivity contribution in [3.05, 3.63) is 52.8 Å². The molecular weight excluding hydrogens is 422 g/mol. The van der Waals surface area contributed by atoms with E-state index >= 15 is 0 Å². The van der Waals surface area contributed by atoms with Crippen molar-refractivity contribution in [2.45, 2.75) is 31.2 Å². The zero-order chi connectivity index (χ0) is 21.1. The van der Waals surface area contributed by atoms with Crippen molar-refractivity contribution in [3.63, 3.8) is 0 Å². The van der Waals surface area contributed by atoms with E-state index in [-0.39, 0.29) is 10.9 Å². The maximum absolute atomic E-state index is 12.8. The number of aromatic nitrogens is 1. The fourth-order valence-electron chi connectivity index (χ4n) is 3.35. The first-order valence-electron chi connectivity index (χ1n) is 9.97. The molecule has 3 heterocycles. The molecule has 3 aromatic rings. The Labute approximate surface area is 180 Å². The number of nitrogens with zero attached hydrogens (tertiary/aromatic N) is 3. The first-order chi connectivity index (χ1) is 14.5. The van der Waals surface area contributed by atoms with E-state index in [9.17, 15) is 8.42 Å². The molecule has 1 fully saturated rings. The SMILES string of the molecule is CCC(C)n1c(-c2ccco2)csc1=Nc1ccc(S(=O)(=O)N2CCOCC2)cc1. The van der Waals surface area contributed by atoms with Crippen LogP contribution in [0.25, 0.3) is 11.5 Å². The van der Waals surface area contributed by atoms with Gasteiger partial charge in [0.05, 0.1) is 35.8 Å². The zero-order valence-corrected chi connectivity index (χ0v) is 18.7. The van der Waals surface area contributed by atoms with E-state index in [1.54, 1.807) is 41.9 Å².